The van der Waals surface area contributed by atoms with Crippen LogP contribution in [0.1, 0.15) is 36.6 Å². The molecule has 0 radical (unpaired) electrons. The van der Waals surface area contributed by atoms with Gasteiger partial charge in [-0.05, 0) is 43.5 Å². The van der Waals surface area contributed by atoms with Gasteiger partial charge in [-0.2, -0.15) is 0 Å². The Balaban J connectivity index is 1.83. The molecule has 22 heavy (non-hydrogen) atoms. The van der Waals surface area contributed by atoms with Gasteiger partial charge >= 0.3 is 0 Å². The summed E-state index contributed by atoms with van der Waals surface area (Å²) in [4.78, 5) is 12.0. The third kappa shape index (κ3) is 4.62. The van der Waals surface area contributed by atoms with Gasteiger partial charge in [0.15, 0.2) is 6.61 Å². The predicted octanol–water partition coefficient (Wildman–Crippen LogP) is 3.81. The van der Waals surface area contributed by atoms with E-state index < -0.39 is 0 Å². The van der Waals surface area contributed by atoms with E-state index in [0.29, 0.717) is 0 Å². The number of amides is 1. The molecule has 0 aromatic heterocycles. The maximum absolute atomic E-state index is 12.0. The Morgan fingerprint density at radius 3 is 2.32 bits per heavy atom. The Kier molecular flexibility index (Phi) is 5.59. The molecular weight excluding hydrogens is 274 g/mol. The highest BCUT2D eigenvalue weighted by Gasteiger charge is 2.10. The third-order valence-electron chi connectivity index (χ3n) is 3.66. The fourth-order valence-electron chi connectivity index (χ4n) is 2.19. The smallest absolute Gasteiger partial charge is 0.258 e. The summed E-state index contributed by atoms with van der Waals surface area (Å²) in [6.07, 6.45) is 0.995. The topological polar surface area (TPSA) is 38.3 Å². The highest BCUT2D eigenvalue weighted by Crippen LogP contribution is 2.14. The summed E-state index contributed by atoms with van der Waals surface area (Å²) in [5.74, 6) is 0.600. The summed E-state index contributed by atoms with van der Waals surface area (Å²) in [6, 6.07) is 16.0. The molecule has 0 aliphatic rings. The lowest BCUT2D eigenvalue weighted by molar-refractivity contribution is -0.123. The SMILES string of the molecule is CCc1ccc(OCC(=O)N[C@@H](C)c2ccc(C)cc2)cc1. The highest BCUT2D eigenvalue weighted by atomic mass is 16.5. The van der Waals surface area contributed by atoms with Crippen LogP contribution in [0.25, 0.3) is 0 Å². The number of hydrogen-bond donors (Lipinski definition) is 1. The van der Waals surface area contributed by atoms with E-state index in [1.807, 2.05) is 62.4 Å². The molecule has 1 N–H and O–H groups in total. The van der Waals surface area contributed by atoms with E-state index in [2.05, 4.69) is 12.2 Å². The molecule has 0 fully saturated rings. The summed E-state index contributed by atoms with van der Waals surface area (Å²) in [5.41, 5.74) is 3.55. The van der Waals surface area contributed by atoms with Crippen molar-refractivity contribution in [3.8, 4) is 5.75 Å². The molecule has 0 unspecified atom stereocenters. The van der Waals surface area contributed by atoms with Gasteiger partial charge < -0.3 is 10.1 Å². The number of hydrogen-bond acceptors (Lipinski definition) is 2. The molecule has 0 saturated heterocycles. The van der Waals surface area contributed by atoms with Gasteiger partial charge in [0.2, 0.25) is 0 Å². The predicted molar refractivity (Wildman–Crippen MR) is 89.1 cm³/mol. The molecule has 1 amide bonds. The van der Waals surface area contributed by atoms with Gasteiger partial charge in [0.05, 0.1) is 6.04 Å². The minimum absolute atomic E-state index is 0.0285. The summed E-state index contributed by atoms with van der Waals surface area (Å²) in [6.45, 7) is 6.15. The van der Waals surface area contributed by atoms with Crippen molar-refractivity contribution < 1.29 is 9.53 Å². The minimum Gasteiger partial charge on any atom is -0.484 e. The molecule has 0 heterocycles. The van der Waals surface area contributed by atoms with Crippen LogP contribution in [0, 0.1) is 6.92 Å². The number of benzene rings is 2. The van der Waals surface area contributed by atoms with Crippen LogP contribution < -0.4 is 10.1 Å². The van der Waals surface area contributed by atoms with E-state index in [1.54, 1.807) is 0 Å². The van der Waals surface area contributed by atoms with Crippen molar-refractivity contribution in [3.05, 3.63) is 65.2 Å². The van der Waals surface area contributed by atoms with Gasteiger partial charge in [0.25, 0.3) is 5.91 Å². The van der Waals surface area contributed by atoms with Gasteiger partial charge in [-0.1, -0.05) is 48.9 Å². The molecule has 1 atom stereocenters. The van der Waals surface area contributed by atoms with Gasteiger partial charge in [0.1, 0.15) is 5.75 Å². The average Bonchev–Trinajstić information content (AvgIpc) is 2.54. The van der Waals surface area contributed by atoms with E-state index in [-0.39, 0.29) is 18.6 Å². The Hall–Kier alpha value is -2.29. The minimum atomic E-state index is -0.118. The molecule has 116 valence electrons. The second-order valence-corrected chi connectivity index (χ2v) is 5.49. The van der Waals surface area contributed by atoms with E-state index >= 15 is 0 Å². The monoisotopic (exact) mass is 297 g/mol. The molecule has 2 aromatic rings. The van der Waals surface area contributed by atoms with Gasteiger partial charge in [-0.3, -0.25) is 4.79 Å². The molecule has 0 bridgehead atoms. The van der Waals surface area contributed by atoms with Crippen LogP contribution in [0.5, 0.6) is 5.75 Å². The van der Waals surface area contributed by atoms with Crippen molar-refractivity contribution >= 4 is 5.91 Å². The van der Waals surface area contributed by atoms with Crippen molar-refractivity contribution in [1.82, 2.24) is 5.32 Å². The largest absolute Gasteiger partial charge is 0.484 e. The number of carbonyl (C=O) groups excluding carboxylic acids is 1. The van der Waals surface area contributed by atoms with Crippen molar-refractivity contribution in [1.29, 1.82) is 0 Å². The molecule has 0 aliphatic heterocycles. The van der Waals surface area contributed by atoms with Crippen molar-refractivity contribution in [2.45, 2.75) is 33.2 Å². The Labute approximate surface area is 132 Å². The first-order valence-corrected chi connectivity index (χ1v) is 7.66. The highest BCUT2D eigenvalue weighted by molar-refractivity contribution is 5.78. The zero-order valence-electron chi connectivity index (χ0n) is 13.4. The lowest BCUT2D eigenvalue weighted by Gasteiger charge is -2.15. The Morgan fingerprint density at radius 2 is 1.73 bits per heavy atom. The zero-order valence-corrected chi connectivity index (χ0v) is 13.4. The lowest BCUT2D eigenvalue weighted by atomic mass is 10.1. The number of ether oxygens (including phenoxy) is 1. The maximum Gasteiger partial charge on any atom is 0.258 e. The lowest BCUT2D eigenvalue weighted by Crippen LogP contribution is -2.31. The molecule has 0 aliphatic carbocycles. The summed E-state index contributed by atoms with van der Waals surface area (Å²) in [7, 11) is 0. The van der Waals surface area contributed by atoms with Crippen LogP contribution in [0.4, 0.5) is 0 Å². The van der Waals surface area contributed by atoms with Crippen LogP contribution in [0.15, 0.2) is 48.5 Å². The molecule has 3 nitrogen and oxygen atoms in total. The third-order valence-corrected chi connectivity index (χ3v) is 3.66. The molecular formula is C19H23NO2. The van der Waals surface area contributed by atoms with E-state index in [9.17, 15) is 4.79 Å². The number of rotatable bonds is 6. The molecule has 3 heteroatoms. The second-order valence-electron chi connectivity index (χ2n) is 5.49. The fourth-order valence-corrected chi connectivity index (χ4v) is 2.19. The van der Waals surface area contributed by atoms with Gasteiger partial charge in [0, 0.05) is 0 Å². The van der Waals surface area contributed by atoms with E-state index in [4.69, 9.17) is 4.74 Å². The molecule has 2 rings (SSSR count). The molecule has 0 saturated carbocycles. The fraction of sp³-hybridized carbons (Fsp3) is 0.316. The van der Waals surface area contributed by atoms with Crippen LogP contribution in [-0.2, 0) is 11.2 Å². The number of nitrogens with one attached hydrogen (secondary N) is 1. The standard InChI is InChI=1S/C19H23NO2/c1-4-16-7-11-18(12-8-16)22-13-19(21)20-15(3)17-9-5-14(2)6-10-17/h5-12,15H,4,13H2,1-3H3,(H,20,21)/t15-/m0/s1. The summed E-state index contributed by atoms with van der Waals surface area (Å²) in [5, 5.41) is 2.94. The molecule has 2 aromatic carbocycles. The van der Waals surface area contributed by atoms with Crippen LogP contribution in [0.2, 0.25) is 0 Å². The van der Waals surface area contributed by atoms with E-state index in [0.717, 1.165) is 17.7 Å². The normalized spacial score (nSPS) is 11.8. The zero-order chi connectivity index (χ0) is 15.9. The maximum atomic E-state index is 12.0. The van der Waals surface area contributed by atoms with Gasteiger partial charge in [-0.15, -0.1) is 0 Å². The summed E-state index contributed by atoms with van der Waals surface area (Å²) < 4.78 is 5.51. The molecule has 0 spiro atoms. The van der Waals surface area contributed by atoms with Crippen molar-refractivity contribution in [3.63, 3.8) is 0 Å². The van der Waals surface area contributed by atoms with Crippen molar-refractivity contribution in [2.24, 2.45) is 0 Å². The number of carbonyl (C=O) groups is 1. The van der Waals surface area contributed by atoms with Crippen LogP contribution in [-0.4, -0.2) is 12.5 Å². The Morgan fingerprint density at radius 1 is 1.09 bits per heavy atom. The first-order valence-electron chi connectivity index (χ1n) is 7.66. The Bertz CT molecular complexity index is 602. The average molecular weight is 297 g/mol. The first-order chi connectivity index (χ1) is 10.6. The second kappa shape index (κ2) is 7.64. The van der Waals surface area contributed by atoms with Crippen LogP contribution in [0.3, 0.4) is 0 Å². The number of aryl methyl sites for hydroxylation is 2. The van der Waals surface area contributed by atoms with Gasteiger partial charge in [-0.25, -0.2) is 0 Å². The summed E-state index contributed by atoms with van der Waals surface area (Å²) >= 11 is 0. The van der Waals surface area contributed by atoms with Crippen LogP contribution >= 0.6 is 0 Å². The first kappa shape index (κ1) is 16.1. The van der Waals surface area contributed by atoms with E-state index in [1.165, 1.54) is 11.1 Å². The quantitative estimate of drug-likeness (QED) is 0.880. The van der Waals surface area contributed by atoms with Crippen molar-refractivity contribution in [2.75, 3.05) is 6.61 Å².